The number of hydrogen-bond acceptors (Lipinski definition) is 6. The maximum absolute atomic E-state index is 12.3. The van der Waals surface area contributed by atoms with E-state index < -0.39 is 5.97 Å². The number of ether oxygens (including phenoxy) is 3. The molecule has 1 fully saturated rings. The van der Waals surface area contributed by atoms with Gasteiger partial charge in [0.15, 0.2) is 17.2 Å². The Labute approximate surface area is 180 Å². The summed E-state index contributed by atoms with van der Waals surface area (Å²) >= 11 is 0. The molecule has 2 aliphatic heterocycles. The van der Waals surface area contributed by atoms with Crippen LogP contribution in [0.15, 0.2) is 65.8 Å². The number of nitrogens with zero attached hydrogens (tertiary/aromatic N) is 2. The highest BCUT2D eigenvalue weighted by atomic mass is 16.6. The normalized spacial score (nSPS) is 17.0. The molecular weight excluding hydrogens is 396 g/mol. The summed E-state index contributed by atoms with van der Waals surface area (Å²) in [6.45, 7) is 4.71. The molecule has 2 aliphatic rings. The van der Waals surface area contributed by atoms with E-state index in [0.29, 0.717) is 30.1 Å². The van der Waals surface area contributed by atoms with Crippen LogP contribution in [0.3, 0.4) is 0 Å². The minimum absolute atomic E-state index is 0.124. The molecule has 0 spiro atoms. The van der Waals surface area contributed by atoms with Gasteiger partial charge >= 0.3 is 5.97 Å². The fraction of sp³-hybridized carbons (Fsp3) is 0.208. The molecule has 1 saturated heterocycles. The highest BCUT2D eigenvalue weighted by Crippen LogP contribution is 2.30. The van der Waals surface area contributed by atoms with E-state index >= 15 is 0 Å². The number of amides is 1. The fourth-order valence-corrected chi connectivity index (χ4v) is 3.44. The van der Waals surface area contributed by atoms with E-state index in [1.807, 2.05) is 12.1 Å². The Morgan fingerprint density at radius 2 is 1.97 bits per heavy atom. The van der Waals surface area contributed by atoms with Gasteiger partial charge in [0.25, 0.3) is 0 Å². The van der Waals surface area contributed by atoms with Crippen LogP contribution in [0.2, 0.25) is 0 Å². The Morgan fingerprint density at radius 3 is 2.65 bits per heavy atom. The third kappa shape index (κ3) is 4.35. The highest BCUT2D eigenvalue weighted by molar-refractivity contribution is 6.13. The molecule has 0 saturated carbocycles. The zero-order valence-electron chi connectivity index (χ0n) is 17.2. The minimum atomic E-state index is -0.528. The van der Waals surface area contributed by atoms with Gasteiger partial charge in [-0.05, 0) is 54.5 Å². The Balaban J connectivity index is 1.55. The monoisotopic (exact) mass is 418 g/mol. The molecule has 7 heteroatoms. The first-order valence-corrected chi connectivity index (χ1v) is 9.94. The second-order valence-electron chi connectivity index (χ2n) is 7.04. The van der Waals surface area contributed by atoms with Crippen molar-refractivity contribution in [3.05, 3.63) is 71.9 Å². The number of carbonyl (C=O) groups excluding carboxylic acids is 2. The summed E-state index contributed by atoms with van der Waals surface area (Å²) in [6.07, 6.45) is 4.72. The standard InChI is InChI=1S/C24H22N2O5/c1-3-13-30-20-11-6-16(15-21(20)29-2)14-19-24(28)31-23(25-19)17-7-9-18(10-8-17)26-12-4-5-22(26)27/h3,6-11,14-15H,1,4-5,12-13H2,2H3/b19-14-. The number of rotatable bonds is 7. The van der Waals surface area contributed by atoms with Gasteiger partial charge in [0.2, 0.25) is 11.8 Å². The predicted octanol–water partition coefficient (Wildman–Crippen LogP) is 3.73. The SMILES string of the molecule is C=CCOc1ccc(/C=C2\N=C(c3ccc(N4CCCC4=O)cc3)OC2=O)cc1OC. The van der Waals surface area contributed by atoms with Crippen molar-refractivity contribution in [1.82, 2.24) is 0 Å². The average Bonchev–Trinajstić information content (AvgIpc) is 3.38. The van der Waals surface area contributed by atoms with E-state index in [1.165, 1.54) is 0 Å². The lowest BCUT2D eigenvalue weighted by atomic mass is 10.1. The summed E-state index contributed by atoms with van der Waals surface area (Å²) in [4.78, 5) is 30.3. The molecule has 2 aromatic rings. The van der Waals surface area contributed by atoms with Crippen molar-refractivity contribution in [2.24, 2.45) is 4.99 Å². The zero-order chi connectivity index (χ0) is 21.8. The smallest absolute Gasteiger partial charge is 0.363 e. The first-order valence-electron chi connectivity index (χ1n) is 9.94. The maximum Gasteiger partial charge on any atom is 0.363 e. The third-order valence-electron chi connectivity index (χ3n) is 4.97. The van der Waals surface area contributed by atoms with Crippen molar-refractivity contribution in [2.45, 2.75) is 12.8 Å². The quantitative estimate of drug-likeness (QED) is 0.389. The molecule has 0 aliphatic carbocycles. The Kier molecular flexibility index (Phi) is 5.84. The van der Waals surface area contributed by atoms with Crippen molar-refractivity contribution >= 4 is 29.5 Å². The van der Waals surface area contributed by atoms with Crippen molar-refractivity contribution in [2.75, 3.05) is 25.2 Å². The van der Waals surface area contributed by atoms with Crippen LogP contribution in [0.4, 0.5) is 5.69 Å². The van der Waals surface area contributed by atoms with Crippen LogP contribution >= 0.6 is 0 Å². The van der Waals surface area contributed by atoms with Crippen molar-refractivity contribution < 1.29 is 23.8 Å². The van der Waals surface area contributed by atoms with Crippen molar-refractivity contribution in [3.63, 3.8) is 0 Å². The molecular formula is C24H22N2O5. The van der Waals surface area contributed by atoms with Gasteiger partial charge in [0.1, 0.15) is 6.61 Å². The molecule has 0 atom stereocenters. The summed E-state index contributed by atoms with van der Waals surface area (Å²) < 4.78 is 16.2. The van der Waals surface area contributed by atoms with Crippen LogP contribution in [0.5, 0.6) is 11.5 Å². The summed E-state index contributed by atoms with van der Waals surface area (Å²) in [5, 5.41) is 0. The number of esters is 1. The fourth-order valence-electron chi connectivity index (χ4n) is 3.44. The first-order chi connectivity index (χ1) is 15.1. The second kappa shape index (κ2) is 8.87. The van der Waals surface area contributed by atoms with E-state index in [1.54, 1.807) is 54.5 Å². The first kappa shape index (κ1) is 20.4. The maximum atomic E-state index is 12.3. The Hall–Kier alpha value is -3.87. The number of methoxy groups -OCH3 is 1. The molecule has 0 bridgehead atoms. The van der Waals surface area contributed by atoms with Gasteiger partial charge in [0, 0.05) is 24.2 Å². The van der Waals surface area contributed by atoms with Crippen LogP contribution in [0.25, 0.3) is 6.08 Å². The molecule has 31 heavy (non-hydrogen) atoms. The van der Waals surface area contributed by atoms with E-state index in [-0.39, 0.29) is 17.5 Å². The zero-order valence-corrected chi connectivity index (χ0v) is 17.2. The average molecular weight is 418 g/mol. The molecule has 2 aromatic carbocycles. The molecule has 0 aromatic heterocycles. The topological polar surface area (TPSA) is 77.4 Å². The number of cyclic esters (lactones) is 1. The molecule has 158 valence electrons. The number of carbonyl (C=O) groups is 2. The summed E-state index contributed by atoms with van der Waals surface area (Å²) in [6, 6.07) is 12.6. The molecule has 0 radical (unpaired) electrons. The largest absolute Gasteiger partial charge is 0.493 e. The highest BCUT2D eigenvalue weighted by Gasteiger charge is 2.25. The third-order valence-corrected chi connectivity index (χ3v) is 4.97. The van der Waals surface area contributed by atoms with E-state index in [2.05, 4.69) is 11.6 Å². The van der Waals surface area contributed by atoms with Crippen LogP contribution in [0.1, 0.15) is 24.0 Å². The van der Waals surface area contributed by atoms with Crippen LogP contribution in [0, 0.1) is 0 Å². The second-order valence-corrected chi connectivity index (χ2v) is 7.04. The lowest BCUT2D eigenvalue weighted by molar-refractivity contribution is -0.130. The number of hydrogen-bond donors (Lipinski definition) is 0. The van der Waals surface area contributed by atoms with Gasteiger partial charge in [-0.2, -0.15) is 0 Å². The lowest BCUT2D eigenvalue weighted by Crippen LogP contribution is -2.23. The summed E-state index contributed by atoms with van der Waals surface area (Å²) in [5.41, 5.74) is 2.41. The predicted molar refractivity (Wildman–Crippen MR) is 117 cm³/mol. The van der Waals surface area contributed by atoms with Crippen LogP contribution < -0.4 is 14.4 Å². The molecule has 0 N–H and O–H groups in total. The van der Waals surface area contributed by atoms with Gasteiger partial charge in [-0.25, -0.2) is 9.79 Å². The van der Waals surface area contributed by atoms with Crippen LogP contribution in [-0.2, 0) is 14.3 Å². The van der Waals surface area contributed by atoms with Gasteiger partial charge in [0.05, 0.1) is 7.11 Å². The van der Waals surface area contributed by atoms with E-state index in [9.17, 15) is 9.59 Å². The molecule has 7 nitrogen and oxygen atoms in total. The van der Waals surface area contributed by atoms with Gasteiger partial charge in [-0.1, -0.05) is 18.7 Å². The summed E-state index contributed by atoms with van der Waals surface area (Å²) in [7, 11) is 1.55. The minimum Gasteiger partial charge on any atom is -0.493 e. The van der Waals surface area contributed by atoms with Gasteiger partial charge < -0.3 is 19.1 Å². The lowest BCUT2D eigenvalue weighted by Gasteiger charge is -2.15. The van der Waals surface area contributed by atoms with E-state index in [0.717, 1.165) is 24.2 Å². The Bertz CT molecular complexity index is 1090. The van der Waals surface area contributed by atoms with Crippen molar-refractivity contribution in [1.29, 1.82) is 0 Å². The van der Waals surface area contributed by atoms with Crippen LogP contribution in [-0.4, -0.2) is 38.0 Å². The van der Waals surface area contributed by atoms with Crippen molar-refractivity contribution in [3.8, 4) is 11.5 Å². The summed E-state index contributed by atoms with van der Waals surface area (Å²) in [5.74, 6) is 0.949. The number of benzene rings is 2. The molecule has 4 rings (SSSR count). The molecule has 1 amide bonds. The van der Waals surface area contributed by atoms with Gasteiger partial charge in [-0.15, -0.1) is 0 Å². The number of anilines is 1. The molecule has 2 heterocycles. The Morgan fingerprint density at radius 1 is 1.16 bits per heavy atom. The molecule has 0 unspecified atom stereocenters. The van der Waals surface area contributed by atoms with Gasteiger partial charge in [-0.3, -0.25) is 4.79 Å². The number of aliphatic imine (C=N–C) groups is 1. The van der Waals surface area contributed by atoms with E-state index in [4.69, 9.17) is 14.2 Å².